The highest BCUT2D eigenvalue weighted by atomic mass is 32.2. The Morgan fingerprint density at radius 1 is 1.26 bits per heavy atom. The molecule has 5 heteroatoms. The number of hydrogen-bond donors (Lipinski definition) is 2. The molecule has 1 aromatic carbocycles. The van der Waals surface area contributed by atoms with Gasteiger partial charge in [-0.3, -0.25) is 4.79 Å². The first-order valence-electron chi connectivity index (χ1n) is 5.84. The third-order valence-corrected chi connectivity index (χ3v) is 3.39. The van der Waals surface area contributed by atoms with Gasteiger partial charge in [0.2, 0.25) is 5.91 Å². The fourth-order valence-electron chi connectivity index (χ4n) is 1.45. The number of carbonyl (C=O) groups is 1. The minimum atomic E-state index is -0.0486. The number of benzene rings is 1. The molecule has 2 aromatic rings. The van der Waals surface area contributed by atoms with Crippen LogP contribution in [0.15, 0.2) is 47.6 Å². The largest absolute Gasteiger partial charge is 0.397 e. The van der Waals surface area contributed by atoms with Crippen LogP contribution in [0.5, 0.6) is 0 Å². The lowest BCUT2D eigenvalue weighted by Crippen LogP contribution is -2.14. The summed E-state index contributed by atoms with van der Waals surface area (Å²) in [5, 5.41) is 3.62. The second-order valence-electron chi connectivity index (χ2n) is 4.13. The summed E-state index contributed by atoms with van der Waals surface area (Å²) in [6.45, 7) is 2.01. The zero-order valence-corrected chi connectivity index (χ0v) is 11.4. The quantitative estimate of drug-likeness (QED) is 0.840. The molecule has 0 radical (unpaired) electrons. The van der Waals surface area contributed by atoms with Crippen LogP contribution < -0.4 is 11.1 Å². The summed E-state index contributed by atoms with van der Waals surface area (Å²) in [7, 11) is 0. The standard InChI is InChI=1S/C14H15N3OS/c1-10-2-5-12(6-3-10)17-13(18)9-19-14-7-4-11(15)8-16-14/h2-8H,9,15H2,1H3,(H,17,18). The van der Waals surface area contributed by atoms with Gasteiger partial charge >= 0.3 is 0 Å². The van der Waals surface area contributed by atoms with Crippen molar-refractivity contribution < 1.29 is 4.79 Å². The summed E-state index contributed by atoms with van der Waals surface area (Å²) in [6.07, 6.45) is 1.58. The average Bonchev–Trinajstić information content (AvgIpc) is 2.41. The van der Waals surface area contributed by atoms with E-state index in [9.17, 15) is 4.79 Å². The van der Waals surface area contributed by atoms with Crippen LogP contribution in [0.1, 0.15) is 5.56 Å². The molecule has 0 saturated carbocycles. The SMILES string of the molecule is Cc1ccc(NC(=O)CSc2ccc(N)cn2)cc1. The number of aryl methyl sites for hydroxylation is 1. The van der Waals surface area contributed by atoms with E-state index in [1.54, 1.807) is 18.3 Å². The molecule has 1 heterocycles. The van der Waals surface area contributed by atoms with Gasteiger partial charge in [-0.15, -0.1) is 0 Å². The first-order valence-corrected chi connectivity index (χ1v) is 6.83. The van der Waals surface area contributed by atoms with Crippen LogP contribution in [0.3, 0.4) is 0 Å². The van der Waals surface area contributed by atoms with Gasteiger partial charge in [0.1, 0.15) is 0 Å². The van der Waals surface area contributed by atoms with E-state index in [-0.39, 0.29) is 5.91 Å². The monoisotopic (exact) mass is 273 g/mol. The Kier molecular flexibility index (Phi) is 4.41. The number of amides is 1. The van der Waals surface area contributed by atoms with Gasteiger partial charge in [0.05, 0.1) is 22.7 Å². The fraction of sp³-hybridized carbons (Fsp3) is 0.143. The number of thioether (sulfide) groups is 1. The maximum Gasteiger partial charge on any atom is 0.234 e. The number of aromatic nitrogens is 1. The molecular formula is C14H15N3OS. The molecule has 0 fully saturated rings. The predicted octanol–water partition coefficient (Wildman–Crippen LogP) is 2.70. The summed E-state index contributed by atoms with van der Waals surface area (Å²) in [6, 6.07) is 11.3. The zero-order chi connectivity index (χ0) is 13.7. The first-order chi connectivity index (χ1) is 9.13. The van der Waals surface area contributed by atoms with Crippen LogP contribution >= 0.6 is 11.8 Å². The topological polar surface area (TPSA) is 68.0 Å². The maximum atomic E-state index is 11.8. The van der Waals surface area contributed by atoms with Crippen LogP contribution in [-0.4, -0.2) is 16.6 Å². The molecule has 1 aromatic heterocycles. The van der Waals surface area contributed by atoms with Gasteiger partial charge < -0.3 is 11.1 Å². The van der Waals surface area contributed by atoms with Gasteiger partial charge in [-0.25, -0.2) is 4.98 Å². The van der Waals surface area contributed by atoms with Crippen molar-refractivity contribution in [3.05, 3.63) is 48.2 Å². The molecule has 0 aliphatic heterocycles. The number of pyridine rings is 1. The highest BCUT2D eigenvalue weighted by molar-refractivity contribution is 7.99. The Morgan fingerprint density at radius 2 is 2.00 bits per heavy atom. The minimum absolute atomic E-state index is 0.0486. The number of nitrogens with one attached hydrogen (secondary N) is 1. The predicted molar refractivity (Wildman–Crippen MR) is 79.2 cm³/mol. The third-order valence-electron chi connectivity index (χ3n) is 2.45. The van der Waals surface area contributed by atoms with Gasteiger partial charge in [-0.2, -0.15) is 0 Å². The van der Waals surface area contributed by atoms with Gasteiger partial charge in [0, 0.05) is 5.69 Å². The van der Waals surface area contributed by atoms with Crippen LogP contribution in [0.25, 0.3) is 0 Å². The summed E-state index contributed by atoms with van der Waals surface area (Å²) in [5.41, 5.74) is 8.14. The van der Waals surface area contributed by atoms with Crippen LogP contribution in [0.4, 0.5) is 11.4 Å². The number of rotatable bonds is 4. The van der Waals surface area contributed by atoms with Crippen LogP contribution in [-0.2, 0) is 4.79 Å². The Morgan fingerprint density at radius 3 is 2.63 bits per heavy atom. The number of carbonyl (C=O) groups excluding carboxylic acids is 1. The number of nitrogen functional groups attached to an aromatic ring is 1. The molecule has 19 heavy (non-hydrogen) atoms. The van der Waals surface area contributed by atoms with Gasteiger partial charge in [0.15, 0.2) is 0 Å². The third kappa shape index (κ3) is 4.30. The highest BCUT2D eigenvalue weighted by Crippen LogP contribution is 2.16. The van der Waals surface area contributed by atoms with Crippen LogP contribution in [0, 0.1) is 6.92 Å². The van der Waals surface area contributed by atoms with Gasteiger partial charge in [0.25, 0.3) is 0 Å². The molecule has 0 atom stereocenters. The van der Waals surface area contributed by atoms with Crippen molar-refractivity contribution in [2.24, 2.45) is 0 Å². The number of nitrogens with two attached hydrogens (primary N) is 1. The average molecular weight is 273 g/mol. The van der Waals surface area contributed by atoms with E-state index in [4.69, 9.17) is 5.73 Å². The maximum absolute atomic E-state index is 11.8. The highest BCUT2D eigenvalue weighted by Gasteiger charge is 2.04. The van der Waals surface area contributed by atoms with Gasteiger partial charge in [-0.1, -0.05) is 29.5 Å². The second-order valence-corrected chi connectivity index (χ2v) is 5.13. The minimum Gasteiger partial charge on any atom is -0.397 e. The zero-order valence-electron chi connectivity index (χ0n) is 10.6. The molecule has 0 bridgehead atoms. The number of nitrogens with zero attached hydrogens (tertiary/aromatic N) is 1. The molecule has 0 saturated heterocycles. The molecule has 98 valence electrons. The summed E-state index contributed by atoms with van der Waals surface area (Å²) < 4.78 is 0. The van der Waals surface area contributed by atoms with Crippen molar-refractivity contribution in [3.8, 4) is 0 Å². The Bertz CT molecular complexity index is 552. The van der Waals surface area contributed by atoms with Crippen molar-refractivity contribution in [2.45, 2.75) is 11.9 Å². The summed E-state index contributed by atoms with van der Waals surface area (Å²) >= 11 is 1.38. The fourth-order valence-corrected chi connectivity index (χ4v) is 2.09. The molecule has 0 aliphatic carbocycles. The Balaban J connectivity index is 1.84. The smallest absolute Gasteiger partial charge is 0.234 e. The van der Waals surface area contributed by atoms with Crippen molar-refractivity contribution in [3.63, 3.8) is 0 Å². The molecule has 2 rings (SSSR count). The van der Waals surface area contributed by atoms with Crippen molar-refractivity contribution in [1.82, 2.24) is 4.98 Å². The van der Waals surface area contributed by atoms with E-state index in [0.717, 1.165) is 10.7 Å². The molecule has 1 amide bonds. The first kappa shape index (κ1) is 13.4. The molecule has 0 spiro atoms. The molecule has 0 unspecified atom stereocenters. The van der Waals surface area contributed by atoms with Gasteiger partial charge in [-0.05, 0) is 31.2 Å². The lowest BCUT2D eigenvalue weighted by Gasteiger charge is -2.05. The van der Waals surface area contributed by atoms with E-state index in [2.05, 4.69) is 10.3 Å². The molecular weight excluding hydrogens is 258 g/mol. The van der Waals surface area contributed by atoms with E-state index in [1.165, 1.54) is 17.3 Å². The normalized spacial score (nSPS) is 10.2. The molecule has 4 nitrogen and oxygen atoms in total. The lowest BCUT2D eigenvalue weighted by atomic mass is 10.2. The van der Waals surface area contributed by atoms with Crippen molar-refractivity contribution in [2.75, 3.05) is 16.8 Å². The van der Waals surface area contributed by atoms with E-state index in [0.29, 0.717) is 11.4 Å². The Hall–Kier alpha value is -2.01. The van der Waals surface area contributed by atoms with E-state index < -0.39 is 0 Å². The molecule has 3 N–H and O–H groups in total. The molecule has 0 aliphatic rings. The lowest BCUT2D eigenvalue weighted by molar-refractivity contribution is -0.113. The van der Waals surface area contributed by atoms with E-state index >= 15 is 0 Å². The second kappa shape index (κ2) is 6.24. The summed E-state index contributed by atoms with van der Waals surface area (Å²) in [4.78, 5) is 15.9. The summed E-state index contributed by atoms with van der Waals surface area (Å²) in [5.74, 6) is 0.276. The van der Waals surface area contributed by atoms with E-state index in [1.807, 2.05) is 31.2 Å². The van der Waals surface area contributed by atoms with Crippen LogP contribution in [0.2, 0.25) is 0 Å². The van der Waals surface area contributed by atoms with Crippen molar-refractivity contribution in [1.29, 1.82) is 0 Å². The number of hydrogen-bond acceptors (Lipinski definition) is 4. The number of anilines is 2. The Labute approximate surface area is 116 Å². The van der Waals surface area contributed by atoms with Crippen molar-refractivity contribution >= 4 is 29.0 Å².